The molecule has 1 amide bonds. The van der Waals surface area contributed by atoms with Crippen LogP contribution in [-0.4, -0.2) is 27.6 Å². The number of aromatic nitrogens is 1. The maximum Gasteiger partial charge on any atom is 0.257 e. The van der Waals surface area contributed by atoms with E-state index < -0.39 is 0 Å². The van der Waals surface area contributed by atoms with E-state index in [9.17, 15) is 4.79 Å². The Kier molecular flexibility index (Phi) is 5.60. The Morgan fingerprint density at radius 1 is 1.33 bits per heavy atom. The predicted molar refractivity (Wildman–Crippen MR) is 109 cm³/mol. The van der Waals surface area contributed by atoms with Crippen LogP contribution in [0.2, 0.25) is 0 Å². The molecule has 1 aliphatic rings. The fourth-order valence-corrected chi connectivity index (χ4v) is 3.49. The fraction of sp³-hybridized carbons (Fsp3) is 0.350. The minimum absolute atomic E-state index is 0.224. The third-order valence-electron chi connectivity index (χ3n) is 4.39. The van der Waals surface area contributed by atoms with Gasteiger partial charge in [-0.25, -0.2) is 0 Å². The quantitative estimate of drug-likeness (QED) is 0.765. The molecule has 7 heteroatoms. The minimum Gasteiger partial charge on any atom is -0.360 e. The Morgan fingerprint density at radius 3 is 2.63 bits per heavy atom. The van der Waals surface area contributed by atoms with Crippen LogP contribution in [0.5, 0.6) is 0 Å². The lowest BCUT2D eigenvalue weighted by atomic mass is 9.94. The Bertz CT molecular complexity index is 873. The zero-order valence-electron chi connectivity index (χ0n) is 15.9. The van der Waals surface area contributed by atoms with E-state index in [4.69, 9.17) is 16.7 Å². The smallest absolute Gasteiger partial charge is 0.257 e. The van der Waals surface area contributed by atoms with Crippen LogP contribution in [0.4, 0.5) is 5.82 Å². The first kappa shape index (κ1) is 19.1. The molecule has 0 saturated heterocycles. The maximum atomic E-state index is 13.1. The van der Waals surface area contributed by atoms with Crippen LogP contribution >= 0.6 is 12.2 Å². The summed E-state index contributed by atoms with van der Waals surface area (Å²) in [5, 5.41) is 10.7. The zero-order chi connectivity index (χ0) is 19.6. The third-order valence-corrected chi connectivity index (χ3v) is 4.73. The molecule has 0 fully saturated rings. The molecule has 2 N–H and O–H groups in total. The number of nitrogens with one attached hydrogen (secondary N) is 2. The van der Waals surface area contributed by atoms with Gasteiger partial charge in [-0.2, -0.15) is 0 Å². The maximum absolute atomic E-state index is 13.1. The molecule has 1 atom stereocenters. The summed E-state index contributed by atoms with van der Waals surface area (Å²) < 4.78 is 5.05. The second kappa shape index (κ2) is 7.92. The molecule has 142 valence electrons. The highest BCUT2D eigenvalue weighted by molar-refractivity contribution is 7.80. The highest BCUT2D eigenvalue weighted by Crippen LogP contribution is 2.31. The van der Waals surface area contributed by atoms with Gasteiger partial charge in [0, 0.05) is 18.3 Å². The van der Waals surface area contributed by atoms with E-state index in [1.807, 2.05) is 42.2 Å². The molecule has 27 heavy (non-hydrogen) atoms. The number of anilines is 1. The second-order valence-electron chi connectivity index (χ2n) is 7.07. The Balaban J connectivity index is 2.01. The number of allylic oxidation sites excluding steroid dienone is 1. The van der Waals surface area contributed by atoms with Crippen molar-refractivity contribution in [1.29, 1.82) is 0 Å². The number of hydrogen-bond donors (Lipinski definition) is 2. The van der Waals surface area contributed by atoms with Crippen molar-refractivity contribution in [2.24, 2.45) is 5.92 Å². The van der Waals surface area contributed by atoms with Gasteiger partial charge in [-0.05, 0) is 37.5 Å². The van der Waals surface area contributed by atoms with Crippen molar-refractivity contribution in [3.8, 4) is 0 Å². The topological polar surface area (TPSA) is 70.4 Å². The molecule has 2 aromatic rings. The van der Waals surface area contributed by atoms with Crippen molar-refractivity contribution >= 4 is 29.1 Å². The standard InChI is InChI=1S/C20H24N4O2S/c1-12(2)11-24-14(4)17(19(25)21-16-10-13(3)26-23-16)18(22-20(24)27)15-8-6-5-7-9-15/h5-10,12,18H,11H2,1-4H3,(H,22,27)(H,21,23,25). The Morgan fingerprint density at radius 2 is 2.04 bits per heavy atom. The van der Waals surface area contributed by atoms with E-state index in [1.54, 1.807) is 13.0 Å². The molecule has 0 radical (unpaired) electrons. The number of thiocarbonyl (C=S) groups is 1. The predicted octanol–water partition coefficient (Wildman–Crippen LogP) is 3.78. The number of carbonyl (C=O) groups excluding carboxylic acids is 1. The Hall–Kier alpha value is -2.67. The number of rotatable bonds is 5. The summed E-state index contributed by atoms with van der Waals surface area (Å²) >= 11 is 5.59. The summed E-state index contributed by atoms with van der Waals surface area (Å²) in [6.07, 6.45) is 0. The molecule has 1 unspecified atom stereocenters. The number of benzene rings is 1. The summed E-state index contributed by atoms with van der Waals surface area (Å²) in [6.45, 7) is 8.70. The van der Waals surface area contributed by atoms with E-state index in [-0.39, 0.29) is 11.9 Å². The lowest BCUT2D eigenvalue weighted by Gasteiger charge is -2.38. The van der Waals surface area contributed by atoms with Gasteiger partial charge in [0.15, 0.2) is 10.9 Å². The molecule has 1 aromatic carbocycles. The van der Waals surface area contributed by atoms with Crippen LogP contribution in [0.25, 0.3) is 0 Å². The minimum atomic E-state index is -0.324. The van der Waals surface area contributed by atoms with Crippen LogP contribution in [-0.2, 0) is 4.79 Å². The van der Waals surface area contributed by atoms with Crippen molar-refractivity contribution in [1.82, 2.24) is 15.4 Å². The molecule has 3 rings (SSSR count). The average molecular weight is 385 g/mol. The molecular formula is C20H24N4O2S. The normalized spacial score (nSPS) is 17.3. The van der Waals surface area contributed by atoms with Crippen molar-refractivity contribution in [2.75, 3.05) is 11.9 Å². The molecule has 1 aromatic heterocycles. The van der Waals surface area contributed by atoms with Crippen LogP contribution in [0.15, 0.2) is 52.2 Å². The van der Waals surface area contributed by atoms with Gasteiger partial charge >= 0.3 is 0 Å². The van der Waals surface area contributed by atoms with E-state index in [0.717, 1.165) is 17.8 Å². The fourth-order valence-electron chi connectivity index (χ4n) is 3.17. The zero-order valence-corrected chi connectivity index (χ0v) is 16.8. The number of carbonyl (C=O) groups is 1. The first-order valence-corrected chi connectivity index (χ1v) is 9.36. The lowest BCUT2D eigenvalue weighted by Crippen LogP contribution is -2.49. The lowest BCUT2D eigenvalue weighted by molar-refractivity contribution is -0.113. The number of nitrogens with zero attached hydrogens (tertiary/aromatic N) is 2. The van der Waals surface area contributed by atoms with Crippen molar-refractivity contribution < 1.29 is 9.32 Å². The van der Waals surface area contributed by atoms with Gasteiger partial charge in [-0.3, -0.25) is 4.79 Å². The van der Waals surface area contributed by atoms with Gasteiger partial charge in [0.2, 0.25) is 0 Å². The highest BCUT2D eigenvalue weighted by Gasteiger charge is 2.34. The molecule has 2 heterocycles. The number of amides is 1. The first-order chi connectivity index (χ1) is 12.9. The monoisotopic (exact) mass is 384 g/mol. The van der Waals surface area contributed by atoms with E-state index in [1.165, 1.54) is 0 Å². The molecule has 0 spiro atoms. The summed E-state index contributed by atoms with van der Waals surface area (Å²) in [5.41, 5.74) is 2.44. The van der Waals surface area contributed by atoms with Gasteiger partial charge in [-0.1, -0.05) is 49.3 Å². The van der Waals surface area contributed by atoms with Crippen molar-refractivity contribution in [3.63, 3.8) is 0 Å². The summed E-state index contributed by atoms with van der Waals surface area (Å²) in [7, 11) is 0. The van der Waals surface area contributed by atoms with E-state index in [0.29, 0.717) is 28.2 Å². The van der Waals surface area contributed by atoms with Gasteiger partial charge in [0.05, 0.1) is 11.6 Å². The molecule has 0 aliphatic carbocycles. The summed E-state index contributed by atoms with van der Waals surface area (Å²) in [6, 6.07) is 11.2. The van der Waals surface area contributed by atoms with Crippen LogP contribution in [0.3, 0.4) is 0 Å². The summed E-state index contributed by atoms with van der Waals surface area (Å²) in [5.74, 6) is 1.21. The molecule has 6 nitrogen and oxygen atoms in total. The SMILES string of the molecule is CC1=C(C(=O)Nc2cc(C)on2)C(c2ccccc2)NC(=S)N1CC(C)C. The highest BCUT2D eigenvalue weighted by atomic mass is 32.1. The van der Waals surface area contributed by atoms with E-state index >= 15 is 0 Å². The number of hydrogen-bond acceptors (Lipinski definition) is 4. The van der Waals surface area contributed by atoms with Crippen molar-refractivity contribution in [2.45, 2.75) is 33.7 Å². The van der Waals surface area contributed by atoms with Crippen molar-refractivity contribution in [3.05, 3.63) is 59.0 Å². The average Bonchev–Trinajstić information content (AvgIpc) is 3.03. The second-order valence-corrected chi connectivity index (χ2v) is 7.46. The van der Waals surface area contributed by atoms with E-state index in [2.05, 4.69) is 29.6 Å². The molecular weight excluding hydrogens is 360 g/mol. The van der Waals surface area contributed by atoms with Crippen LogP contribution < -0.4 is 10.6 Å². The number of aryl methyl sites for hydroxylation is 1. The third kappa shape index (κ3) is 4.19. The molecule has 0 saturated carbocycles. The summed E-state index contributed by atoms with van der Waals surface area (Å²) in [4.78, 5) is 15.1. The van der Waals surface area contributed by atoms with Gasteiger partial charge in [-0.15, -0.1) is 0 Å². The largest absolute Gasteiger partial charge is 0.360 e. The molecule has 0 bridgehead atoms. The van der Waals surface area contributed by atoms with Gasteiger partial charge in [0.1, 0.15) is 5.76 Å². The van der Waals surface area contributed by atoms with Gasteiger partial charge in [0.25, 0.3) is 5.91 Å². The first-order valence-electron chi connectivity index (χ1n) is 8.95. The Labute approximate surface area is 164 Å². The van der Waals surface area contributed by atoms with Crippen LogP contribution in [0, 0.1) is 12.8 Å². The van der Waals surface area contributed by atoms with Crippen LogP contribution in [0.1, 0.15) is 38.1 Å². The molecule has 1 aliphatic heterocycles. The van der Waals surface area contributed by atoms with Gasteiger partial charge < -0.3 is 20.1 Å².